The summed E-state index contributed by atoms with van der Waals surface area (Å²) in [6.45, 7) is 2.52. The number of aliphatic imine (C=N–C) groups is 1. The summed E-state index contributed by atoms with van der Waals surface area (Å²) in [4.78, 5) is 4.28. The highest BCUT2D eigenvalue weighted by Crippen LogP contribution is 2.15. The molecule has 0 radical (unpaired) electrons. The average Bonchev–Trinajstić information content (AvgIpc) is 2.76. The van der Waals surface area contributed by atoms with E-state index in [9.17, 15) is 0 Å². The van der Waals surface area contributed by atoms with Crippen molar-refractivity contribution in [3.63, 3.8) is 0 Å². The lowest BCUT2D eigenvalue weighted by atomic mass is 10.3. The zero-order valence-electron chi connectivity index (χ0n) is 9.09. The van der Waals surface area contributed by atoms with E-state index in [1.54, 1.807) is 12.3 Å². The van der Waals surface area contributed by atoms with Crippen LogP contribution < -0.4 is 4.74 Å². The minimum Gasteiger partial charge on any atom is -0.465 e. The van der Waals surface area contributed by atoms with Gasteiger partial charge in [-0.25, -0.2) is 0 Å². The minimum absolute atomic E-state index is 0.525. The zero-order valence-corrected chi connectivity index (χ0v) is 9.09. The molecule has 0 atom stereocenters. The van der Waals surface area contributed by atoms with Crippen LogP contribution in [0.15, 0.2) is 51.9 Å². The first-order chi connectivity index (χ1) is 7.88. The first-order valence-corrected chi connectivity index (χ1v) is 5.20. The van der Waals surface area contributed by atoms with E-state index >= 15 is 0 Å². The largest absolute Gasteiger partial charge is 0.465 e. The number of benzene rings is 1. The molecule has 16 heavy (non-hydrogen) atoms. The number of hydrogen-bond acceptors (Lipinski definition) is 3. The van der Waals surface area contributed by atoms with Gasteiger partial charge in [0.15, 0.2) is 0 Å². The minimum atomic E-state index is 0.525. The molecule has 0 saturated carbocycles. The van der Waals surface area contributed by atoms with Crippen molar-refractivity contribution >= 4 is 11.9 Å². The lowest BCUT2D eigenvalue weighted by Gasteiger charge is -1.94. The van der Waals surface area contributed by atoms with Crippen molar-refractivity contribution in [3.05, 3.63) is 48.2 Å². The third kappa shape index (κ3) is 2.73. The number of furan rings is 1. The van der Waals surface area contributed by atoms with Crippen molar-refractivity contribution in [2.75, 3.05) is 6.61 Å². The second kappa shape index (κ2) is 5.16. The number of nitrogens with zero attached hydrogens (tertiary/aromatic N) is 1. The van der Waals surface area contributed by atoms with Crippen LogP contribution in [0.4, 0.5) is 5.69 Å². The highest BCUT2D eigenvalue weighted by Gasteiger charge is 1.98. The number of rotatable bonds is 4. The van der Waals surface area contributed by atoms with Gasteiger partial charge in [-0.1, -0.05) is 18.2 Å². The Labute approximate surface area is 94.4 Å². The molecule has 2 rings (SSSR count). The second-order valence-electron chi connectivity index (χ2n) is 3.18. The third-order valence-corrected chi connectivity index (χ3v) is 1.99. The van der Waals surface area contributed by atoms with Gasteiger partial charge in [0.05, 0.1) is 18.5 Å². The Morgan fingerprint density at radius 2 is 2.00 bits per heavy atom. The molecule has 2 aromatic rings. The number of ether oxygens (including phenoxy) is 1. The molecule has 1 heterocycles. The summed E-state index contributed by atoms with van der Waals surface area (Å²) >= 11 is 0. The van der Waals surface area contributed by atoms with Gasteiger partial charge in [-0.15, -0.1) is 0 Å². The van der Waals surface area contributed by atoms with Crippen LogP contribution in [0.5, 0.6) is 5.95 Å². The predicted octanol–water partition coefficient (Wildman–Crippen LogP) is 3.43. The Morgan fingerprint density at radius 1 is 1.19 bits per heavy atom. The van der Waals surface area contributed by atoms with Crippen LogP contribution in [0.1, 0.15) is 12.7 Å². The molecule has 0 bridgehead atoms. The molecular formula is C13H13NO2. The van der Waals surface area contributed by atoms with Gasteiger partial charge in [-0.3, -0.25) is 4.99 Å². The van der Waals surface area contributed by atoms with E-state index in [0.29, 0.717) is 18.3 Å². The van der Waals surface area contributed by atoms with Crippen molar-refractivity contribution in [1.29, 1.82) is 0 Å². The Bertz CT molecular complexity index is 460. The summed E-state index contributed by atoms with van der Waals surface area (Å²) in [5, 5.41) is 0. The highest BCUT2D eigenvalue weighted by molar-refractivity contribution is 5.78. The fourth-order valence-electron chi connectivity index (χ4n) is 1.28. The molecule has 0 unspecified atom stereocenters. The average molecular weight is 215 g/mol. The van der Waals surface area contributed by atoms with Crippen LogP contribution >= 0.6 is 0 Å². The number of hydrogen-bond donors (Lipinski definition) is 0. The topological polar surface area (TPSA) is 34.7 Å². The Balaban J connectivity index is 2.06. The van der Waals surface area contributed by atoms with Crippen LogP contribution in [-0.2, 0) is 0 Å². The summed E-state index contributed by atoms with van der Waals surface area (Å²) in [7, 11) is 0. The molecule has 0 saturated heterocycles. The van der Waals surface area contributed by atoms with E-state index in [0.717, 1.165) is 5.69 Å². The molecule has 0 aliphatic rings. The van der Waals surface area contributed by atoms with Crippen LogP contribution in [0.25, 0.3) is 0 Å². The third-order valence-electron chi connectivity index (χ3n) is 1.99. The molecular weight excluding hydrogens is 202 g/mol. The van der Waals surface area contributed by atoms with Gasteiger partial charge in [0.1, 0.15) is 5.76 Å². The molecule has 82 valence electrons. The van der Waals surface area contributed by atoms with Crippen molar-refractivity contribution in [2.24, 2.45) is 4.99 Å². The quantitative estimate of drug-likeness (QED) is 0.732. The second-order valence-corrected chi connectivity index (χ2v) is 3.18. The van der Waals surface area contributed by atoms with Crippen molar-refractivity contribution in [1.82, 2.24) is 0 Å². The fourth-order valence-corrected chi connectivity index (χ4v) is 1.28. The van der Waals surface area contributed by atoms with Gasteiger partial charge in [-0.2, -0.15) is 0 Å². The SMILES string of the molecule is CCOc1ccc(C=Nc2ccccc2)o1. The lowest BCUT2D eigenvalue weighted by molar-refractivity contribution is 0.256. The summed E-state index contributed by atoms with van der Waals surface area (Å²) in [6.07, 6.45) is 1.68. The molecule has 3 heteroatoms. The highest BCUT2D eigenvalue weighted by atomic mass is 16.6. The van der Waals surface area contributed by atoms with Gasteiger partial charge in [0.2, 0.25) is 0 Å². The van der Waals surface area contributed by atoms with Gasteiger partial charge in [0.25, 0.3) is 5.95 Å². The van der Waals surface area contributed by atoms with E-state index in [1.807, 2.05) is 43.3 Å². The monoisotopic (exact) mass is 215 g/mol. The number of para-hydroxylation sites is 1. The maximum absolute atomic E-state index is 5.37. The summed E-state index contributed by atoms with van der Waals surface area (Å²) in [5.41, 5.74) is 0.900. The zero-order chi connectivity index (χ0) is 11.2. The normalized spacial score (nSPS) is 10.8. The van der Waals surface area contributed by atoms with E-state index in [2.05, 4.69) is 4.99 Å². The molecule has 0 aliphatic heterocycles. The molecule has 1 aromatic carbocycles. The van der Waals surface area contributed by atoms with Crippen LogP contribution in [0.3, 0.4) is 0 Å². The standard InChI is InChI=1S/C13H13NO2/c1-2-15-13-9-8-12(16-13)10-14-11-6-4-3-5-7-11/h3-10H,2H2,1H3. The van der Waals surface area contributed by atoms with E-state index in [1.165, 1.54) is 0 Å². The summed E-state index contributed by atoms with van der Waals surface area (Å²) < 4.78 is 10.6. The van der Waals surface area contributed by atoms with Gasteiger partial charge >= 0.3 is 0 Å². The smallest absolute Gasteiger partial charge is 0.284 e. The van der Waals surface area contributed by atoms with Gasteiger partial charge < -0.3 is 9.15 Å². The predicted molar refractivity (Wildman–Crippen MR) is 63.6 cm³/mol. The molecule has 1 aromatic heterocycles. The molecule has 0 amide bonds. The maximum Gasteiger partial charge on any atom is 0.284 e. The molecule has 0 fully saturated rings. The van der Waals surface area contributed by atoms with Crippen molar-refractivity contribution in [2.45, 2.75) is 6.92 Å². The molecule has 0 N–H and O–H groups in total. The van der Waals surface area contributed by atoms with Crippen molar-refractivity contribution < 1.29 is 9.15 Å². The molecule has 0 aliphatic carbocycles. The first-order valence-electron chi connectivity index (χ1n) is 5.20. The van der Waals surface area contributed by atoms with Crippen LogP contribution in [-0.4, -0.2) is 12.8 Å². The molecule has 0 spiro atoms. The Morgan fingerprint density at radius 3 is 2.75 bits per heavy atom. The van der Waals surface area contributed by atoms with E-state index < -0.39 is 0 Å². The summed E-state index contributed by atoms with van der Waals surface area (Å²) in [5.74, 6) is 1.21. The maximum atomic E-state index is 5.37. The van der Waals surface area contributed by atoms with E-state index in [-0.39, 0.29) is 0 Å². The Hall–Kier alpha value is -2.03. The van der Waals surface area contributed by atoms with Crippen LogP contribution in [0.2, 0.25) is 0 Å². The van der Waals surface area contributed by atoms with Crippen LogP contribution in [0, 0.1) is 0 Å². The first kappa shape index (κ1) is 10.5. The Kier molecular flexibility index (Phi) is 3.38. The van der Waals surface area contributed by atoms with Crippen molar-refractivity contribution in [3.8, 4) is 5.95 Å². The van der Waals surface area contributed by atoms with Gasteiger partial charge in [0, 0.05) is 6.07 Å². The molecule has 3 nitrogen and oxygen atoms in total. The summed E-state index contributed by atoms with van der Waals surface area (Å²) in [6, 6.07) is 13.3. The lowest BCUT2D eigenvalue weighted by Crippen LogP contribution is -1.88. The fraction of sp³-hybridized carbons (Fsp3) is 0.154. The van der Waals surface area contributed by atoms with Gasteiger partial charge in [-0.05, 0) is 25.1 Å². The van der Waals surface area contributed by atoms with E-state index in [4.69, 9.17) is 9.15 Å².